The molecule has 0 radical (unpaired) electrons. The fourth-order valence-electron chi connectivity index (χ4n) is 1.62. The molecule has 3 nitrogen and oxygen atoms in total. The average Bonchev–Trinajstić information content (AvgIpc) is 2.38. The van der Waals surface area contributed by atoms with E-state index in [1.807, 2.05) is 30.3 Å². The number of nitrogens with one attached hydrogen (secondary N) is 1. The number of methoxy groups -OCH3 is 1. The van der Waals surface area contributed by atoms with Crippen LogP contribution in [-0.4, -0.2) is 12.2 Å². The number of hydrogen-bond donors (Lipinski definition) is 2. The molecule has 0 atom stereocenters. The highest BCUT2D eigenvalue weighted by Gasteiger charge is 2.02. The summed E-state index contributed by atoms with van der Waals surface area (Å²) in [5.41, 5.74) is 1.96. The van der Waals surface area contributed by atoms with Crippen LogP contribution < -0.4 is 10.1 Å². The maximum absolute atomic E-state index is 9.65. The molecule has 0 saturated carbocycles. The third kappa shape index (κ3) is 3.08. The average molecular weight is 264 g/mol. The van der Waals surface area contributed by atoms with Crippen molar-refractivity contribution in [2.45, 2.75) is 6.54 Å². The first-order chi connectivity index (χ1) is 8.69. The van der Waals surface area contributed by atoms with Crippen molar-refractivity contribution < 1.29 is 9.84 Å². The van der Waals surface area contributed by atoms with E-state index in [0.717, 1.165) is 11.3 Å². The summed E-state index contributed by atoms with van der Waals surface area (Å²) in [6, 6.07) is 12.8. The number of aromatic hydroxyl groups is 1. The molecule has 0 fully saturated rings. The molecule has 0 saturated heterocycles. The molecular weight excluding hydrogens is 250 g/mol. The summed E-state index contributed by atoms with van der Waals surface area (Å²) in [5, 5.41) is 13.6. The number of benzene rings is 2. The van der Waals surface area contributed by atoms with Crippen molar-refractivity contribution in [1.29, 1.82) is 0 Å². The molecule has 0 aliphatic heterocycles. The summed E-state index contributed by atoms with van der Waals surface area (Å²) in [6.07, 6.45) is 0. The van der Waals surface area contributed by atoms with E-state index < -0.39 is 0 Å². The topological polar surface area (TPSA) is 41.5 Å². The summed E-state index contributed by atoms with van der Waals surface area (Å²) in [7, 11) is 1.53. The largest absolute Gasteiger partial charge is 0.504 e. The van der Waals surface area contributed by atoms with Crippen LogP contribution in [0.5, 0.6) is 11.5 Å². The summed E-state index contributed by atoms with van der Waals surface area (Å²) in [4.78, 5) is 0. The van der Waals surface area contributed by atoms with Gasteiger partial charge in [0, 0.05) is 17.3 Å². The number of phenols is 1. The van der Waals surface area contributed by atoms with Gasteiger partial charge in [-0.2, -0.15) is 0 Å². The molecular formula is C14H14ClNO2. The molecule has 0 bridgehead atoms. The Hall–Kier alpha value is -1.87. The SMILES string of the molecule is COc1ccc(CNc2ccc(Cl)cc2)cc1O. The maximum atomic E-state index is 9.65. The number of halogens is 1. The molecule has 0 aromatic heterocycles. The smallest absolute Gasteiger partial charge is 0.160 e. The Morgan fingerprint density at radius 2 is 1.89 bits per heavy atom. The molecule has 0 heterocycles. The number of rotatable bonds is 4. The van der Waals surface area contributed by atoms with Gasteiger partial charge in [0.05, 0.1) is 7.11 Å². The predicted octanol–water partition coefficient (Wildman–Crippen LogP) is 3.67. The zero-order chi connectivity index (χ0) is 13.0. The highest BCUT2D eigenvalue weighted by molar-refractivity contribution is 6.30. The van der Waals surface area contributed by atoms with E-state index in [2.05, 4.69) is 5.32 Å². The first-order valence-electron chi connectivity index (χ1n) is 5.54. The van der Waals surface area contributed by atoms with Crippen LogP contribution in [0.25, 0.3) is 0 Å². The highest BCUT2D eigenvalue weighted by atomic mass is 35.5. The Labute approximate surface area is 111 Å². The van der Waals surface area contributed by atoms with E-state index in [9.17, 15) is 5.11 Å². The van der Waals surface area contributed by atoms with E-state index in [0.29, 0.717) is 17.3 Å². The Balaban J connectivity index is 2.02. The van der Waals surface area contributed by atoms with Gasteiger partial charge >= 0.3 is 0 Å². The minimum Gasteiger partial charge on any atom is -0.504 e. The molecule has 2 N–H and O–H groups in total. The minimum absolute atomic E-state index is 0.146. The summed E-state index contributed by atoms with van der Waals surface area (Å²) < 4.78 is 4.99. The second-order valence-electron chi connectivity index (χ2n) is 3.87. The summed E-state index contributed by atoms with van der Waals surface area (Å²) >= 11 is 5.81. The zero-order valence-electron chi connectivity index (χ0n) is 9.98. The third-order valence-corrected chi connectivity index (χ3v) is 2.84. The lowest BCUT2D eigenvalue weighted by molar-refractivity contribution is 0.373. The van der Waals surface area contributed by atoms with Crippen molar-refractivity contribution in [3.8, 4) is 11.5 Å². The molecule has 2 aromatic carbocycles. The maximum Gasteiger partial charge on any atom is 0.160 e. The molecule has 2 aromatic rings. The molecule has 0 aliphatic rings. The van der Waals surface area contributed by atoms with Crippen molar-refractivity contribution >= 4 is 17.3 Å². The van der Waals surface area contributed by atoms with Gasteiger partial charge in [0.2, 0.25) is 0 Å². The quantitative estimate of drug-likeness (QED) is 0.884. The van der Waals surface area contributed by atoms with Crippen molar-refractivity contribution in [2.75, 3.05) is 12.4 Å². The second kappa shape index (κ2) is 5.65. The monoisotopic (exact) mass is 263 g/mol. The van der Waals surface area contributed by atoms with Crippen LogP contribution in [0.3, 0.4) is 0 Å². The van der Waals surface area contributed by atoms with Crippen molar-refractivity contribution in [2.24, 2.45) is 0 Å². The van der Waals surface area contributed by atoms with Crippen LogP contribution in [0.15, 0.2) is 42.5 Å². The highest BCUT2D eigenvalue weighted by Crippen LogP contribution is 2.26. The van der Waals surface area contributed by atoms with Gasteiger partial charge in [-0.25, -0.2) is 0 Å². The Morgan fingerprint density at radius 1 is 1.17 bits per heavy atom. The third-order valence-electron chi connectivity index (χ3n) is 2.58. The molecule has 0 amide bonds. The Morgan fingerprint density at radius 3 is 2.50 bits per heavy atom. The molecule has 0 spiro atoms. The van der Waals surface area contributed by atoms with Gasteiger partial charge < -0.3 is 15.2 Å². The number of phenolic OH excluding ortho intramolecular Hbond substituents is 1. The van der Waals surface area contributed by atoms with E-state index in [1.54, 1.807) is 12.1 Å². The van der Waals surface area contributed by atoms with Gasteiger partial charge in [-0.15, -0.1) is 0 Å². The predicted molar refractivity (Wildman–Crippen MR) is 73.4 cm³/mol. The van der Waals surface area contributed by atoms with E-state index in [4.69, 9.17) is 16.3 Å². The molecule has 18 heavy (non-hydrogen) atoms. The molecule has 0 aliphatic carbocycles. The van der Waals surface area contributed by atoms with Crippen molar-refractivity contribution in [1.82, 2.24) is 0 Å². The van der Waals surface area contributed by atoms with Gasteiger partial charge in [0.15, 0.2) is 11.5 Å². The van der Waals surface area contributed by atoms with Gasteiger partial charge in [0.25, 0.3) is 0 Å². The van der Waals surface area contributed by atoms with Crippen molar-refractivity contribution in [3.63, 3.8) is 0 Å². The van der Waals surface area contributed by atoms with Gasteiger partial charge in [-0.3, -0.25) is 0 Å². The van der Waals surface area contributed by atoms with Crippen LogP contribution in [-0.2, 0) is 6.54 Å². The fraction of sp³-hybridized carbons (Fsp3) is 0.143. The second-order valence-corrected chi connectivity index (χ2v) is 4.30. The van der Waals surface area contributed by atoms with Crippen LogP contribution in [0.2, 0.25) is 5.02 Å². The van der Waals surface area contributed by atoms with E-state index in [1.165, 1.54) is 7.11 Å². The minimum atomic E-state index is 0.146. The molecule has 0 unspecified atom stereocenters. The summed E-state index contributed by atoms with van der Waals surface area (Å²) in [6.45, 7) is 0.624. The van der Waals surface area contributed by atoms with Crippen LogP contribution >= 0.6 is 11.6 Å². The van der Waals surface area contributed by atoms with Gasteiger partial charge in [-0.1, -0.05) is 17.7 Å². The molecule has 4 heteroatoms. The number of hydrogen-bond acceptors (Lipinski definition) is 3. The standard InChI is InChI=1S/C14H14ClNO2/c1-18-14-7-2-10(8-13(14)17)9-16-12-5-3-11(15)4-6-12/h2-8,16-17H,9H2,1H3. The first-order valence-corrected chi connectivity index (χ1v) is 5.92. The van der Waals surface area contributed by atoms with Gasteiger partial charge in [-0.05, 0) is 42.0 Å². The lowest BCUT2D eigenvalue weighted by Crippen LogP contribution is -1.99. The van der Waals surface area contributed by atoms with Crippen LogP contribution in [0.1, 0.15) is 5.56 Å². The van der Waals surface area contributed by atoms with E-state index >= 15 is 0 Å². The Kier molecular flexibility index (Phi) is 3.95. The summed E-state index contributed by atoms with van der Waals surface area (Å²) in [5.74, 6) is 0.623. The lowest BCUT2D eigenvalue weighted by atomic mass is 10.2. The van der Waals surface area contributed by atoms with Gasteiger partial charge in [0.1, 0.15) is 0 Å². The lowest BCUT2D eigenvalue weighted by Gasteiger charge is -2.08. The number of anilines is 1. The molecule has 94 valence electrons. The number of ether oxygens (including phenoxy) is 1. The normalized spacial score (nSPS) is 10.1. The zero-order valence-corrected chi connectivity index (χ0v) is 10.7. The fourth-order valence-corrected chi connectivity index (χ4v) is 1.74. The van der Waals surface area contributed by atoms with Crippen LogP contribution in [0.4, 0.5) is 5.69 Å². The van der Waals surface area contributed by atoms with Crippen LogP contribution in [0, 0.1) is 0 Å². The van der Waals surface area contributed by atoms with Crippen molar-refractivity contribution in [3.05, 3.63) is 53.1 Å². The first kappa shape index (κ1) is 12.6. The van der Waals surface area contributed by atoms with E-state index in [-0.39, 0.29) is 5.75 Å². The Bertz CT molecular complexity index is 526. The molecule has 2 rings (SSSR count).